The van der Waals surface area contributed by atoms with Crippen LogP contribution in [0.5, 0.6) is 11.5 Å². The first-order valence-corrected chi connectivity index (χ1v) is 15.8. The van der Waals surface area contributed by atoms with Gasteiger partial charge in [0.15, 0.2) is 23.1 Å². The molecule has 1 saturated carbocycles. The highest BCUT2D eigenvalue weighted by Crippen LogP contribution is 2.38. The summed E-state index contributed by atoms with van der Waals surface area (Å²) >= 11 is 0. The van der Waals surface area contributed by atoms with Gasteiger partial charge in [0, 0.05) is 61.1 Å². The minimum atomic E-state index is -1.13. The number of carbonyl (C=O) groups is 2. The van der Waals surface area contributed by atoms with E-state index in [4.69, 9.17) is 14.5 Å². The molecule has 48 heavy (non-hydrogen) atoms. The van der Waals surface area contributed by atoms with Crippen LogP contribution >= 0.6 is 0 Å². The second-order valence-corrected chi connectivity index (χ2v) is 11.6. The summed E-state index contributed by atoms with van der Waals surface area (Å²) in [5.74, 6) is -4.00. The minimum absolute atomic E-state index is 0.0265. The van der Waals surface area contributed by atoms with Crippen LogP contribution in [0.3, 0.4) is 0 Å². The van der Waals surface area contributed by atoms with Crippen LogP contribution in [0, 0.1) is 11.6 Å². The summed E-state index contributed by atoms with van der Waals surface area (Å²) in [6.45, 7) is 10.3. The van der Waals surface area contributed by atoms with Crippen LogP contribution in [0.15, 0.2) is 55.3 Å². The van der Waals surface area contributed by atoms with E-state index in [9.17, 15) is 9.59 Å². The molecule has 2 heterocycles. The topological polar surface area (TPSA) is 121 Å². The fourth-order valence-electron chi connectivity index (χ4n) is 5.71. The Labute approximate surface area is 276 Å². The quantitative estimate of drug-likeness (QED) is 0.129. The standard InChI is InChI=1S/C35H37F2N7O4/c1-5-28(45)40-25-17-22(44-15-13-43(6-2)14-16-44)10-12-24(25)41-35-38-19-20-7-11-23(33(32(20)42-35)39-21-8-9-21)34(46)29-30(36)26(47-3)18-27(48-4)31(29)37/h5,7,10-12,17-19,21,39H,1,6,8-9,13-16H2,2-4H3,(H,40,45)(H,38,41,42). The number of fused-ring (bicyclic) bond motifs is 1. The summed E-state index contributed by atoms with van der Waals surface area (Å²) in [6.07, 6.45) is 4.52. The lowest BCUT2D eigenvalue weighted by molar-refractivity contribution is -0.111. The SMILES string of the molecule is C=CC(=O)Nc1cc(N2CCN(CC)CC2)ccc1Nc1ncc2ccc(C(=O)c3c(F)c(OC)cc(OC)c3F)c(NC3CC3)c2n1. The average Bonchev–Trinajstić information content (AvgIpc) is 3.93. The number of anilines is 5. The van der Waals surface area contributed by atoms with Gasteiger partial charge in [-0.15, -0.1) is 0 Å². The van der Waals surface area contributed by atoms with E-state index >= 15 is 8.78 Å². The van der Waals surface area contributed by atoms with E-state index in [1.54, 1.807) is 12.3 Å². The molecule has 250 valence electrons. The number of ether oxygens (including phenoxy) is 2. The number of amides is 1. The maximum absolute atomic E-state index is 15.4. The van der Waals surface area contributed by atoms with Crippen LogP contribution < -0.4 is 30.3 Å². The van der Waals surface area contributed by atoms with Crippen molar-refractivity contribution in [1.82, 2.24) is 14.9 Å². The molecule has 6 rings (SSSR count). The van der Waals surface area contributed by atoms with Gasteiger partial charge in [-0.25, -0.2) is 18.7 Å². The third-order valence-corrected chi connectivity index (χ3v) is 8.60. The predicted octanol–water partition coefficient (Wildman–Crippen LogP) is 5.74. The number of rotatable bonds is 12. The van der Waals surface area contributed by atoms with Crippen molar-refractivity contribution in [2.45, 2.75) is 25.8 Å². The number of halogens is 2. The van der Waals surface area contributed by atoms with E-state index in [1.165, 1.54) is 26.4 Å². The summed E-state index contributed by atoms with van der Waals surface area (Å²) < 4.78 is 40.9. The Morgan fingerprint density at radius 2 is 1.71 bits per heavy atom. The number of aromatic nitrogens is 2. The van der Waals surface area contributed by atoms with Crippen molar-refractivity contribution in [2.24, 2.45) is 0 Å². The number of piperazine rings is 1. The fraction of sp³-hybridized carbons (Fsp3) is 0.314. The first-order valence-electron chi connectivity index (χ1n) is 15.8. The van der Waals surface area contributed by atoms with Crippen molar-refractivity contribution in [3.05, 3.63) is 78.0 Å². The molecule has 3 aromatic carbocycles. The Balaban J connectivity index is 1.39. The molecule has 1 aromatic heterocycles. The number of hydrogen-bond donors (Lipinski definition) is 3. The Bertz CT molecular complexity index is 1860. The van der Waals surface area contributed by atoms with Crippen LogP contribution in [-0.4, -0.2) is 79.5 Å². The van der Waals surface area contributed by atoms with E-state index < -0.39 is 23.0 Å². The lowest BCUT2D eigenvalue weighted by atomic mass is 9.98. The van der Waals surface area contributed by atoms with Crippen molar-refractivity contribution < 1.29 is 27.8 Å². The molecule has 11 nitrogen and oxygen atoms in total. The highest BCUT2D eigenvalue weighted by atomic mass is 19.1. The molecule has 1 aliphatic carbocycles. The number of likely N-dealkylation sites (N-methyl/N-ethyl adjacent to an activating group) is 1. The second-order valence-electron chi connectivity index (χ2n) is 11.6. The molecule has 3 N–H and O–H groups in total. The van der Waals surface area contributed by atoms with Gasteiger partial charge >= 0.3 is 0 Å². The zero-order valence-corrected chi connectivity index (χ0v) is 27.0. The van der Waals surface area contributed by atoms with E-state index in [2.05, 4.69) is 44.2 Å². The number of carbonyl (C=O) groups excluding carboxylic acids is 2. The fourth-order valence-corrected chi connectivity index (χ4v) is 5.71. The van der Waals surface area contributed by atoms with E-state index in [0.29, 0.717) is 28.0 Å². The zero-order valence-electron chi connectivity index (χ0n) is 27.0. The monoisotopic (exact) mass is 657 g/mol. The number of benzene rings is 3. The van der Waals surface area contributed by atoms with Gasteiger partial charge in [-0.3, -0.25) is 9.59 Å². The molecule has 0 radical (unpaired) electrons. The van der Waals surface area contributed by atoms with Crippen LogP contribution in [0.4, 0.5) is 37.5 Å². The van der Waals surface area contributed by atoms with Gasteiger partial charge in [0.2, 0.25) is 17.6 Å². The second kappa shape index (κ2) is 13.8. The lowest BCUT2D eigenvalue weighted by Crippen LogP contribution is -2.46. The summed E-state index contributed by atoms with van der Waals surface area (Å²) in [4.78, 5) is 40.2. The van der Waals surface area contributed by atoms with Crippen molar-refractivity contribution >= 4 is 51.3 Å². The molecule has 0 unspecified atom stereocenters. The summed E-state index contributed by atoms with van der Waals surface area (Å²) in [6, 6.07) is 9.96. The van der Waals surface area contributed by atoms with Crippen molar-refractivity contribution in [2.75, 3.05) is 67.8 Å². The summed E-state index contributed by atoms with van der Waals surface area (Å²) in [7, 11) is 2.45. The van der Waals surface area contributed by atoms with Gasteiger partial charge < -0.3 is 35.2 Å². The number of nitrogens with zero attached hydrogens (tertiary/aromatic N) is 4. The van der Waals surface area contributed by atoms with Crippen LogP contribution in [0.2, 0.25) is 0 Å². The van der Waals surface area contributed by atoms with Gasteiger partial charge in [-0.2, -0.15) is 0 Å². The summed E-state index contributed by atoms with van der Waals surface area (Å²) in [5.41, 5.74) is 1.95. The van der Waals surface area contributed by atoms with Gasteiger partial charge in [0.25, 0.3) is 0 Å². The molecule has 2 fully saturated rings. The van der Waals surface area contributed by atoms with E-state index in [1.807, 2.05) is 18.2 Å². The highest BCUT2D eigenvalue weighted by Gasteiger charge is 2.31. The molecule has 4 aromatic rings. The Morgan fingerprint density at radius 3 is 2.33 bits per heavy atom. The number of hydrogen-bond acceptors (Lipinski definition) is 10. The van der Waals surface area contributed by atoms with Gasteiger partial charge in [0.05, 0.1) is 36.8 Å². The lowest BCUT2D eigenvalue weighted by Gasteiger charge is -2.35. The molecular formula is C35H37F2N7O4. The van der Waals surface area contributed by atoms with E-state index in [-0.39, 0.29) is 35.0 Å². The Hall–Kier alpha value is -5.30. The summed E-state index contributed by atoms with van der Waals surface area (Å²) in [5, 5.41) is 10.0. The van der Waals surface area contributed by atoms with Crippen molar-refractivity contribution in [3.63, 3.8) is 0 Å². The van der Waals surface area contributed by atoms with Crippen LogP contribution in [0.25, 0.3) is 10.9 Å². The highest BCUT2D eigenvalue weighted by molar-refractivity contribution is 6.16. The molecule has 1 aliphatic heterocycles. The van der Waals surface area contributed by atoms with E-state index in [0.717, 1.165) is 57.3 Å². The van der Waals surface area contributed by atoms with Crippen LogP contribution in [-0.2, 0) is 4.79 Å². The minimum Gasteiger partial charge on any atom is -0.494 e. The molecule has 13 heteroatoms. The third-order valence-electron chi connectivity index (χ3n) is 8.60. The normalized spacial score (nSPS) is 14.8. The molecule has 1 saturated heterocycles. The molecule has 2 aliphatic rings. The molecule has 1 amide bonds. The first-order chi connectivity index (χ1) is 23.2. The largest absolute Gasteiger partial charge is 0.494 e. The van der Waals surface area contributed by atoms with Crippen molar-refractivity contribution in [1.29, 1.82) is 0 Å². The van der Waals surface area contributed by atoms with Crippen LogP contribution in [0.1, 0.15) is 35.7 Å². The maximum Gasteiger partial charge on any atom is 0.247 e. The van der Waals surface area contributed by atoms with Gasteiger partial charge in [-0.05, 0) is 49.7 Å². The molecule has 0 spiro atoms. The zero-order chi connectivity index (χ0) is 33.9. The number of nitrogens with one attached hydrogen (secondary N) is 3. The first kappa shape index (κ1) is 32.6. The maximum atomic E-state index is 15.4. The van der Waals surface area contributed by atoms with Gasteiger partial charge in [-0.1, -0.05) is 19.6 Å². The average molecular weight is 658 g/mol. The molecule has 0 bridgehead atoms. The van der Waals surface area contributed by atoms with Gasteiger partial charge in [0.1, 0.15) is 5.56 Å². The van der Waals surface area contributed by atoms with Crippen molar-refractivity contribution in [3.8, 4) is 11.5 Å². The Kier molecular flexibility index (Phi) is 9.40. The predicted molar refractivity (Wildman–Crippen MR) is 182 cm³/mol. The third kappa shape index (κ3) is 6.58. The molecular weight excluding hydrogens is 620 g/mol. The smallest absolute Gasteiger partial charge is 0.247 e. The molecule has 0 atom stereocenters. The Morgan fingerprint density at radius 1 is 1.00 bits per heavy atom. The number of ketones is 1. The number of methoxy groups -OCH3 is 2.